The van der Waals surface area contributed by atoms with Crippen molar-refractivity contribution in [2.45, 2.75) is 171 Å². The Labute approximate surface area is 635 Å². The predicted octanol–water partition coefficient (Wildman–Crippen LogP) is 20.9. The monoisotopic (exact) mass is 1380 g/mol. The maximum absolute atomic E-state index is 8.24. The molecule has 12 aromatic rings. The molecule has 6 aromatic heterocycles. The van der Waals surface area contributed by atoms with Crippen molar-refractivity contribution in [2.75, 3.05) is 0 Å². The second-order valence-corrected chi connectivity index (χ2v) is 28.8. The molecule has 0 saturated carbocycles. The van der Waals surface area contributed by atoms with Crippen LogP contribution in [0, 0.1) is 138 Å². The molecule has 6 aromatic carbocycles. The number of pyridine rings is 6. The van der Waals surface area contributed by atoms with Gasteiger partial charge in [-0.05, 0) is 300 Å². The Morgan fingerprint density at radius 3 is 1.09 bits per heavy atom. The van der Waals surface area contributed by atoms with Crippen molar-refractivity contribution in [1.82, 2.24) is 0 Å². The van der Waals surface area contributed by atoms with Gasteiger partial charge < -0.3 is 0 Å². The summed E-state index contributed by atoms with van der Waals surface area (Å²) in [6.45, 7) is 38.9. The summed E-state index contributed by atoms with van der Waals surface area (Å²) in [7, 11) is 12.4. The molecule has 0 aliphatic carbocycles. The molecule has 12 rings (SSSR count). The van der Waals surface area contributed by atoms with Crippen molar-refractivity contribution >= 4 is 0 Å². The zero-order valence-corrected chi connectivity index (χ0v) is 67.2. The minimum Gasteiger partial charge on any atom is -0.201 e. The van der Waals surface area contributed by atoms with E-state index in [0.29, 0.717) is 5.56 Å². The van der Waals surface area contributed by atoms with E-state index in [4.69, 9.17) is 12.3 Å². The normalized spacial score (nSPS) is 12.9. The van der Waals surface area contributed by atoms with Crippen molar-refractivity contribution in [1.29, 1.82) is 0 Å². The van der Waals surface area contributed by atoms with Crippen molar-refractivity contribution in [3.63, 3.8) is 0 Å². The van der Waals surface area contributed by atoms with Crippen molar-refractivity contribution in [2.24, 2.45) is 42.3 Å². The third-order valence-electron chi connectivity index (χ3n) is 20.3. The number of benzene rings is 6. The number of aryl methyl sites for hydroxylation is 23. The maximum Gasteiger partial charge on any atom is 0.215 e. The molecular formula is C97H122N6+6. The zero-order chi connectivity index (χ0) is 83.7. The Morgan fingerprint density at radius 2 is 0.689 bits per heavy atom. The molecule has 0 fully saturated rings. The fourth-order valence-electron chi connectivity index (χ4n) is 13.4. The minimum absolute atomic E-state index is 0.187. The largest absolute Gasteiger partial charge is 0.215 e. The molecule has 534 valence electrons. The lowest BCUT2D eigenvalue weighted by atomic mass is 9.94. The first-order valence-corrected chi connectivity index (χ1v) is 35.9. The van der Waals surface area contributed by atoms with Crippen LogP contribution in [0.3, 0.4) is 0 Å². The Morgan fingerprint density at radius 1 is 0.301 bits per heavy atom. The molecule has 6 heterocycles. The summed E-state index contributed by atoms with van der Waals surface area (Å²) in [5, 5.41) is 0. The van der Waals surface area contributed by atoms with E-state index in [-0.39, 0.29) is 5.56 Å². The molecule has 0 aliphatic heterocycles. The van der Waals surface area contributed by atoms with Gasteiger partial charge >= 0.3 is 0 Å². The summed E-state index contributed by atoms with van der Waals surface area (Å²) in [6.07, 6.45) is 10.2. The lowest BCUT2D eigenvalue weighted by Crippen LogP contribution is -2.32. The Bertz CT molecular complexity index is 5280. The molecule has 0 spiro atoms. The van der Waals surface area contributed by atoms with E-state index in [2.05, 4.69) is 322 Å². The van der Waals surface area contributed by atoms with E-state index >= 15 is 0 Å². The first-order chi connectivity index (χ1) is 52.1. The maximum atomic E-state index is 8.24. The standard InChI is InChI=1S/C18H24N.C17H22N.2C16H20N.2C15H18N/c1-12(2)16-7-8-17(14(4)11-16)18-15(5)13(3)9-10-19(18)6;1-6-15-7-8-16(13(3)11-15)17-14(4)12(2)9-10-18(17)5;1-11-6-7-16(17(5)10-11)15-9-13(3)12(2)8-14(15)4;1-11-6-7-16(17(5)10-11)15-9-12(2)8-13(3)14(15)4;1-11-9-13(3)14(10-12(11)2)15-7-5-6-8-16(15)4;1-11-9-12(2)13(3)14(10-11)15-7-5-6-8-16(15)4/h7-12H,1-6H3;7-11H,6H2,1-5H3;2*6-10H,1-5H3;2*5-10H,1-4H3/q6*+1/i1D3,12D;1D3,6D2;;;;. The van der Waals surface area contributed by atoms with Gasteiger partial charge in [-0.1, -0.05) is 80.3 Å². The predicted molar refractivity (Wildman–Crippen MR) is 437 cm³/mol. The SMILES string of the molecule is Cc1cc(C)c(-c2cccc[n+]2C)cc1C.Cc1cc(C)c(C)c(-c2ccc(C)c[n+]2C)c1.Cc1cc(C)c(C)c(-c2cccc[n+]2C)c1.Cc1ccc(-c2cc(C)c(C)cc2C)[n+](C)c1.[2H]C([2H])([2H])C([2H])(C)c1ccc(-c2c(C)c(C)cc[n+]2C)c(C)c1.[2H]C([2H])([2H])C([2H])([2H])c1ccc(-c2c(C)c(C)cc[n+]2C)c(C)c1. The summed E-state index contributed by atoms with van der Waals surface area (Å²) < 4.78 is 81.9. The van der Waals surface area contributed by atoms with Gasteiger partial charge in [0.25, 0.3) is 0 Å². The quantitative estimate of drug-likeness (QED) is 0.135. The first-order valence-electron chi connectivity index (χ1n) is 40.4. The molecular weight excluding hydrogens is 1250 g/mol. The number of aromatic nitrogens is 6. The summed E-state index contributed by atoms with van der Waals surface area (Å²) in [5.74, 6) is -1.61. The van der Waals surface area contributed by atoms with Crippen molar-refractivity contribution in [3.05, 3.63) is 317 Å². The summed E-state index contributed by atoms with van der Waals surface area (Å²) in [4.78, 5) is 0. The van der Waals surface area contributed by atoms with Crippen LogP contribution >= 0.6 is 0 Å². The van der Waals surface area contributed by atoms with Gasteiger partial charge in [0.1, 0.15) is 42.3 Å². The van der Waals surface area contributed by atoms with E-state index in [1.165, 1.54) is 147 Å². The highest BCUT2D eigenvalue weighted by Crippen LogP contribution is 2.32. The van der Waals surface area contributed by atoms with Gasteiger partial charge in [-0.25, -0.2) is 27.4 Å². The molecule has 0 radical (unpaired) electrons. The molecule has 103 heavy (non-hydrogen) atoms. The second kappa shape index (κ2) is 35.9. The Hall–Kier alpha value is -9.78. The van der Waals surface area contributed by atoms with E-state index in [9.17, 15) is 0 Å². The third kappa shape index (κ3) is 20.3. The van der Waals surface area contributed by atoms with Crippen molar-refractivity contribution < 1.29 is 39.7 Å². The van der Waals surface area contributed by atoms with Crippen LogP contribution in [0.5, 0.6) is 0 Å². The van der Waals surface area contributed by atoms with E-state index in [1.807, 2.05) is 63.1 Å². The van der Waals surface area contributed by atoms with Crippen LogP contribution in [-0.4, -0.2) is 0 Å². The van der Waals surface area contributed by atoms with Crippen LogP contribution in [0.4, 0.5) is 0 Å². The van der Waals surface area contributed by atoms with Crippen LogP contribution in [0.25, 0.3) is 67.5 Å². The average Bonchev–Trinajstić information content (AvgIpc) is 0.768. The lowest BCUT2D eigenvalue weighted by Gasteiger charge is -2.12. The Kier molecular flexibility index (Phi) is 23.6. The highest BCUT2D eigenvalue weighted by molar-refractivity contribution is 5.69. The van der Waals surface area contributed by atoms with Crippen LogP contribution in [-0.2, 0) is 48.7 Å². The van der Waals surface area contributed by atoms with Gasteiger partial charge in [0.2, 0.25) is 34.2 Å². The number of hydrogen-bond acceptors (Lipinski definition) is 0. The van der Waals surface area contributed by atoms with Crippen molar-refractivity contribution in [3.8, 4) is 67.5 Å². The lowest BCUT2D eigenvalue weighted by molar-refractivity contribution is -0.660. The second-order valence-electron chi connectivity index (χ2n) is 28.8. The van der Waals surface area contributed by atoms with Crippen LogP contribution < -0.4 is 27.4 Å². The highest BCUT2D eigenvalue weighted by atomic mass is 14.9. The molecule has 0 aliphatic rings. The first kappa shape index (κ1) is 67.7. The number of hydrogen-bond donors (Lipinski definition) is 0. The average molecular weight is 1380 g/mol. The molecule has 0 saturated heterocycles. The van der Waals surface area contributed by atoms with Gasteiger partial charge in [-0.15, -0.1) is 0 Å². The minimum atomic E-state index is -2.69. The van der Waals surface area contributed by atoms with Crippen LogP contribution in [0.1, 0.15) is 161 Å². The highest BCUT2D eigenvalue weighted by Gasteiger charge is 2.21. The topological polar surface area (TPSA) is 23.3 Å². The van der Waals surface area contributed by atoms with Crippen LogP contribution in [0.15, 0.2) is 195 Å². The van der Waals surface area contributed by atoms with Gasteiger partial charge in [0.15, 0.2) is 37.2 Å². The fourth-order valence-corrected chi connectivity index (χ4v) is 13.4. The molecule has 6 nitrogen and oxygen atoms in total. The summed E-state index contributed by atoms with van der Waals surface area (Å²) in [6, 6.07) is 54.2. The fraction of sp³-hybridized carbons (Fsp3) is 0.320. The summed E-state index contributed by atoms with van der Waals surface area (Å²) in [5.41, 5.74) is 40.7. The van der Waals surface area contributed by atoms with E-state index < -0.39 is 26.0 Å². The van der Waals surface area contributed by atoms with Gasteiger partial charge in [0, 0.05) is 117 Å². The smallest absolute Gasteiger partial charge is 0.201 e. The molecule has 1 atom stereocenters. The van der Waals surface area contributed by atoms with Crippen LogP contribution in [0.2, 0.25) is 0 Å². The van der Waals surface area contributed by atoms with Gasteiger partial charge in [-0.3, -0.25) is 0 Å². The molecule has 0 amide bonds. The molecule has 1 unspecified atom stereocenters. The Balaban J connectivity index is 0.000000188. The number of rotatable bonds is 8. The third-order valence-corrected chi connectivity index (χ3v) is 20.3. The van der Waals surface area contributed by atoms with E-state index in [0.717, 1.165) is 39.2 Å². The van der Waals surface area contributed by atoms with E-state index in [1.54, 1.807) is 18.2 Å². The molecule has 0 bridgehead atoms. The van der Waals surface area contributed by atoms with Gasteiger partial charge in [0.05, 0.1) is 0 Å². The summed E-state index contributed by atoms with van der Waals surface area (Å²) >= 11 is 0. The molecule has 0 N–H and O–H groups in total. The zero-order valence-electron chi connectivity index (χ0n) is 76.2. The van der Waals surface area contributed by atoms with Gasteiger partial charge in [-0.2, -0.15) is 0 Å². The number of nitrogens with zero attached hydrogens (tertiary/aromatic N) is 6. The molecule has 6 heteroatoms.